The standard InChI is InChI=1S/C30H28N2O6/c1-36-21-9-11-22-19(13-21)12-20(28-26(30(35)37-2)31-16-38-28)15-32-24-14-18(29(33)34)8-10-23(24)25(27(22)32)17-6-4-3-5-7-17/h8-14,16-17H,3-7,15H2,1-2H3,(H,33,34). The number of rotatable bonds is 5. The van der Waals surface area contributed by atoms with Gasteiger partial charge in [-0.2, -0.15) is 0 Å². The first-order valence-corrected chi connectivity index (χ1v) is 12.8. The lowest BCUT2D eigenvalue weighted by molar-refractivity contribution is 0.0592. The Balaban J connectivity index is 1.67. The normalized spacial score (nSPS) is 15.4. The van der Waals surface area contributed by atoms with Crippen LogP contribution in [0.25, 0.3) is 33.8 Å². The molecule has 1 fully saturated rings. The fraction of sp³-hybridized carbons (Fsp3) is 0.300. The molecule has 8 nitrogen and oxygen atoms in total. The number of carboxylic acid groups (broad SMARTS) is 1. The number of hydrogen-bond acceptors (Lipinski definition) is 6. The minimum atomic E-state index is -0.973. The van der Waals surface area contributed by atoms with Crippen molar-refractivity contribution in [2.75, 3.05) is 14.2 Å². The largest absolute Gasteiger partial charge is 0.497 e. The Labute approximate surface area is 219 Å². The van der Waals surface area contributed by atoms with Gasteiger partial charge in [-0.05, 0) is 66.3 Å². The lowest BCUT2D eigenvalue weighted by Gasteiger charge is -2.24. The molecule has 2 aliphatic rings. The van der Waals surface area contributed by atoms with E-state index in [4.69, 9.17) is 13.9 Å². The summed E-state index contributed by atoms with van der Waals surface area (Å²) in [4.78, 5) is 28.6. The molecule has 1 aliphatic heterocycles. The SMILES string of the molecule is COC(=O)c1ncoc1C1=Cc2cc(OC)ccc2-c2c(C3CCCCC3)c3ccc(C(=O)O)cc3n2C1. The molecule has 0 unspecified atom stereocenters. The third kappa shape index (κ3) is 3.88. The fourth-order valence-electron chi connectivity index (χ4n) is 6.03. The Hall–Kier alpha value is -4.33. The smallest absolute Gasteiger partial charge is 0.360 e. The molecule has 2 aromatic carbocycles. The van der Waals surface area contributed by atoms with Gasteiger partial charge in [0.1, 0.15) is 5.75 Å². The molecule has 1 saturated carbocycles. The summed E-state index contributed by atoms with van der Waals surface area (Å²) >= 11 is 0. The molecular formula is C30H28N2O6. The molecule has 8 heteroatoms. The van der Waals surface area contributed by atoms with Crippen LogP contribution >= 0.6 is 0 Å². The van der Waals surface area contributed by atoms with Gasteiger partial charge in [-0.1, -0.05) is 25.3 Å². The number of allylic oxidation sites excluding steroid dienone is 1. The van der Waals surface area contributed by atoms with E-state index in [-0.39, 0.29) is 11.3 Å². The van der Waals surface area contributed by atoms with E-state index in [1.165, 1.54) is 38.3 Å². The van der Waals surface area contributed by atoms with E-state index in [0.29, 0.717) is 24.0 Å². The van der Waals surface area contributed by atoms with Crippen molar-refractivity contribution in [2.45, 2.75) is 44.6 Å². The first-order chi connectivity index (χ1) is 18.5. The summed E-state index contributed by atoms with van der Waals surface area (Å²) in [6, 6.07) is 11.4. The molecule has 3 heterocycles. The van der Waals surface area contributed by atoms with Gasteiger partial charge in [0.15, 0.2) is 17.8 Å². The van der Waals surface area contributed by atoms with Crippen molar-refractivity contribution >= 4 is 34.5 Å². The number of hydrogen-bond donors (Lipinski definition) is 1. The Morgan fingerprint density at radius 2 is 1.89 bits per heavy atom. The molecule has 0 bridgehead atoms. The molecule has 1 aliphatic carbocycles. The van der Waals surface area contributed by atoms with Crippen molar-refractivity contribution in [1.29, 1.82) is 0 Å². The van der Waals surface area contributed by atoms with Crippen LogP contribution in [0.1, 0.15) is 75.8 Å². The number of benzene rings is 2. The highest BCUT2D eigenvalue weighted by molar-refractivity contribution is 6.02. The molecule has 194 valence electrons. The Bertz CT molecular complexity index is 1600. The minimum Gasteiger partial charge on any atom is -0.497 e. The molecule has 0 saturated heterocycles. The van der Waals surface area contributed by atoms with Crippen LogP contribution < -0.4 is 4.74 Å². The highest BCUT2D eigenvalue weighted by Crippen LogP contribution is 2.47. The zero-order valence-electron chi connectivity index (χ0n) is 21.3. The molecule has 0 amide bonds. The van der Waals surface area contributed by atoms with E-state index < -0.39 is 11.9 Å². The maximum Gasteiger partial charge on any atom is 0.360 e. The van der Waals surface area contributed by atoms with Crippen LogP contribution in [0.5, 0.6) is 5.75 Å². The lowest BCUT2D eigenvalue weighted by Crippen LogP contribution is -2.08. The number of aromatic nitrogens is 2. The van der Waals surface area contributed by atoms with Crippen molar-refractivity contribution < 1.29 is 28.6 Å². The van der Waals surface area contributed by atoms with Gasteiger partial charge in [-0.3, -0.25) is 0 Å². The average Bonchev–Trinajstić information content (AvgIpc) is 3.51. The Morgan fingerprint density at radius 1 is 1.08 bits per heavy atom. The van der Waals surface area contributed by atoms with Crippen molar-refractivity contribution in [3.63, 3.8) is 0 Å². The van der Waals surface area contributed by atoms with Crippen molar-refractivity contribution in [3.8, 4) is 17.0 Å². The van der Waals surface area contributed by atoms with Gasteiger partial charge < -0.3 is 23.6 Å². The van der Waals surface area contributed by atoms with Crippen molar-refractivity contribution in [1.82, 2.24) is 9.55 Å². The van der Waals surface area contributed by atoms with E-state index in [0.717, 1.165) is 46.1 Å². The zero-order valence-corrected chi connectivity index (χ0v) is 21.3. The third-order valence-electron chi connectivity index (χ3n) is 7.77. The molecule has 38 heavy (non-hydrogen) atoms. The van der Waals surface area contributed by atoms with Crippen LogP contribution in [0.4, 0.5) is 0 Å². The molecule has 1 N–H and O–H groups in total. The quantitative estimate of drug-likeness (QED) is 0.309. The summed E-state index contributed by atoms with van der Waals surface area (Å²) in [5.41, 5.74) is 6.16. The van der Waals surface area contributed by atoms with Crippen LogP contribution in [0.3, 0.4) is 0 Å². The number of esters is 1. The summed E-state index contributed by atoms with van der Waals surface area (Å²) in [6.45, 7) is 0.359. The Morgan fingerprint density at radius 3 is 2.63 bits per heavy atom. The second-order valence-electron chi connectivity index (χ2n) is 9.86. The van der Waals surface area contributed by atoms with E-state index in [2.05, 4.69) is 15.6 Å². The average molecular weight is 513 g/mol. The summed E-state index contributed by atoms with van der Waals surface area (Å²) in [6.07, 6.45) is 8.99. The third-order valence-corrected chi connectivity index (χ3v) is 7.77. The first-order valence-electron chi connectivity index (χ1n) is 12.8. The van der Waals surface area contributed by atoms with Gasteiger partial charge in [0.2, 0.25) is 0 Å². The van der Waals surface area contributed by atoms with Gasteiger partial charge in [0.25, 0.3) is 0 Å². The number of oxazole rings is 1. The van der Waals surface area contributed by atoms with Crippen LogP contribution in [0.2, 0.25) is 0 Å². The van der Waals surface area contributed by atoms with Crippen LogP contribution in [0, 0.1) is 0 Å². The second-order valence-corrected chi connectivity index (χ2v) is 9.86. The van der Waals surface area contributed by atoms with Gasteiger partial charge in [0, 0.05) is 22.0 Å². The number of carbonyl (C=O) groups excluding carboxylic acids is 1. The molecule has 6 rings (SSSR count). The van der Waals surface area contributed by atoms with Crippen LogP contribution in [-0.2, 0) is 11.3 Å². The number of carboxylic acids is 1. The van der Waals surface area contributed by atoms with Gasteiger partial charge in [-0.25, -0.2) is 14.6 Å². The van der Waals surface area contributed by atoms with E-state index in [1.807, 2.05) is 24.3 Å². The van der Waals surface area contributed by atoms with Crippen LogP contribution in [0.15, 0.2) is 47.2 Å². The second kappa shape index (κ2) is 9.52. The van der Waals surface area contributed by atoms with E-state index in [9.17, 15) is 14.7 Å². The Kier molecular flexibility index (Phi) is 6.02. The fourth-order valence-corrected chi connectivity index (χ4v) is 6.03. The van der Waals surface area contributed by atoms with Crippen LogP contribution in [-0.4, -0.2) is 40.8 Å². The summed E-state index contributed by atoms with van der Waals surface area (Å²) in [7, 11) is 2.94. The summed E-state index contributed by atoms with van der Waals surface area (Å²) < 4.78 is 18.4. The molecular weight excluding hydrogens is 484 g/mol. The predicted molar refractivity (Wildman–Crippen MR) is 142 cm³/mol. The molecule has 0 spiro atoms. The zero-order chi connectivity index (χ0) is 26.4. The highest BCUT2D eigenvalue weighted by Gasteiger charge is 2.31. The van der Waals surface area contributed by atoms with Gasteiger partial charge in [-0.15, -0.1) is 0 Å². The number of ether oxygens (including phenoxy) is 2. The number of fused-ring (bicyclic) bond motifs is 5. The lowest BCUT2D eigenvalue weighted by atomic mass is 9.81. The maximum absolute atomic E-state index is 12.5. The maximum atomic E-state index is 12.5. The first kappa shape index (κ1) is 24.0. The molecule has 4 aromatic rings. The highest BCUT2D eigenvalue weighted by atomic mass is 16.5. The molecule has 0 atom stereocenters. The number of carbonyl (C=O) groups is 2. The summed E-state index contributed by atoms with van der Waals surface area (Å²) in [5, 5.41) is 10.9. The minimum absolute atomic E-state index is 0.0989. The van der Waals surface area contributed by atoms with E-state index >= 15 is 0 Å². The van der Waals surface area contributed by atoms with E-state index in [1.54, 1.807) is 19.2 Å². The topological polar surface area (TPSA) is 104 Å². The molecule has 0 radical (unpaired) electrons. The predicted octanol–water partition coefficient (Wildman–Crippen LogP) is 6.39. The van der Waals surface area contributed by atoms with Gasteiger partial charge in [0.05, 0.1) is 32.0 Å². The number of aromatic carboxylic acids is 1. The van der Waals surface area contributed by atoms with Crippen molar-refractivity contribution in [3.05, 3.63) is 70.9 Å². The van der Waals surface area contributed by atoms with Crippen molar-refractivity contribution in [2.24, 2.45) is 0 Å². The number of nitrogens with zero attached hydrogens (tertiary/aromatic N) is 2. The number of methoxy groups -OCH3 is 2. The monoisotopic (exact) mass is 512 g/mol. The molecule has 2 aromatic heterocycles. The van der Waals surface area contributed by atoms with Gasteiger partial charge >= 0.3 is 11.9 Å². The summed E-state index contributed by atoms with van der Waals surface area (Å²) in [5.74, 6) is -0.153.